The average Bonchev–Trinajstić information content (AvgIpc) is 2.65. The summed E-state index contributed by atoms with van der Waals surface area (Å²) in [5.74, 6) is 0.584. The fraction of sp³-hybridized carbons (Fsp3) is 0.400. The van der Waals surface area contributed by atoms with Crippen molar-refractivity contribution in [2.75, 3.05) is 13.1 Å². The Labute approximate surface area is 156 Å². The van der Waals surface area contributed by atoms with Gasteiger partial charge in [0.2, 0.25) is 0 Å². The molecule has 25 heavy (non-hydrogen) atoms. The van der Waals surface area contributed by atoms with Crippen LogP contribution in [0.5, 0.6) is 0 Å². The first kappa shape index (κ1) is 16.7. The predicted octanol–water partition coefficient (Wildman–Crippen LogP) is 3.28. The van der Waals surface area contributed by atoms with Crippen molar-refractivity contribution in [3.05, 3.63) is 64.4 Å². The molecule has 4 heterocycles. The van der Waals surface area contributed by atoms with Crippen LogP contribution in [-0.2, 0) is 6.42 Å². The summed E-state index contributed by atoms with van der Waals surface area (Å²) < 4.78 is 0.845. The number of halogens is 1. The highest BCUT2D eigenvalue weighted by molar-refractivity contribution is 9.10. The molecule has 0 spiro atoms. The number of nitrogens with one attached hydrogen (secondary N) is 1. The molecule has 3 aliphatic heterocycles. The van der Waals surface area contributed by atoms with Crippen molar-refractivity contribution < 1.29 is 4.79 Å². The van der Waals surface area contributed by atoms with Crippen LogP contribution in [-0.4, -0.2) is 41.0 Å². The number of hydrogen-bond acceptors (Lipinski definition) is 3. The summed E-state index contributed by atoms with van der Waals surface area (Å²) in [4.78, 5) is 19.6. The van der Waals surface area contributed by atoms with Gasteiger partial charge >= 0.3 is 0 Å². The topological polar surface area (TPSA) is 45.2 Å². The summed E-state index contributed by atoms with van der Waals surface area (Å²) in [7, 11) is 0. The fourth-order valence-electron chi connectivity index (χ4n) is 4.26. The van der Waals surface area contributed by atoms with E-state index in [1.165, 1.54) is 18.4 Å². The number of benzene rings is 1. The second-order valence-electron chi connectivity index (χ2n) is 6.99. The maximum absolute atomic E-state index is 12.8. The van der Waals surface area contributed by atoms with Crippen molar-refractivity contribution in [3.63, 3.8) is 0 Å². The molecule has 4 nitrogen and oxygen atoms in total. The van der Waals surface area contributed by atoms with Crippen molar-refractivity contribution in [2.45, 2.75) is 31.3 Å². The lowest BCUT2D eigenvalue weighted by molar-refractivity contribution is 0.0136. The first-order chi connectivity index (χ1) is 12.2. The summed E-state index contributed by atoms with van der Waals surface area (Å²) in [6.07, 6.45) is 7.03. The van der Waals surface area contributed by atoms with Crippen LogP contribution < -0.4 is 5.32 Å². The van der Waals surface area contributed by atoms with E-state index in [1.807, 2.05) is 42.7 Å². The van der Waals surface area contributed by atoms with Crippen molar-refractivity contribution in [3.8, 4) is 0 Å². The third-order valence-electron chi connectivity index (χ3n) is 5.55. The maximum Gasteiger partial charge on any atom is 0.252 e. The lowest BCUT2D eigenvalue weighted by atomic mass is 9.76. The van der Waals surface area contributed by atoms with E-state index in [0.717, 1.165) is 24.0 Å². The Kier molecular flexibility index (Phi) is 4.86. The van der Waals surface area contributed by atoms with E-state index in [9.17, 15) is 4.79 Å². The molecule has 130 valence electrons. The van der Waals surface area contributed by atoms with Gasteiger partial charge in [-0.1, -0.05) is 18.2 Å². The first-order valence-electron chi connectivity index (χ1n) is 8.91. The van der Waals surface area contributed by atoms with E-state index in [1.54, 1.807) is 0 Å². The van der Waals surface area contributed by atoms with Crippen LogP contribution in [0.15, 0.2) is 53.3 Å². The van der Waals surface area contributed by atoms with Crippen LogP contribution in [0.3, 0.4) is 0 Å². The second kappa shape index (κ2) is 7.26. The number of fused-ring (bicyclic) bond motifs is 3. The fourth-order valence-corrected chi connectivity index (χ4v) is 4.72. The number of rotatable bonds is 4. The van der Waals surface area contributed by atoms with Gasteiger partial charge in [-0.05, 0) is 78.0 Å². The Morgan fingerprint density at radius 1 is 1.20 bits per heavy atom. The number of pyridine rings is 1. The standard InChI is InChI=1S/C20H22BrN3O/c21-17-6-2-1-5-16(17)20(25)23-19-15-7-10-24(11-8-15)18(19)12-14-4-3-9-22-13-14/h1-6,9,13,15,18-19H,7-8,10-12H2,(H,23,25). The number of hydrogen-bond donors (Lipinski definition) is 1. The van der Waals surface area contributed by atoms with Gasteiger partial charge in [-0.15, -0.1) is 0 Å². The van der Waals surface area contributed by atoms with Crippen LogP contribution in [0.25, 0.3) is 0 Å². The minimum absolute atomic E-state index is 0.0161. The third-order valence-corrected chi connectivity index (χ3v) is 6.24. The largest absolute Gasteiger partial charge is 0.347 e. The molecule has 0 saturated carbocycles. The molecule has 2 aromatic rings. The molecule has 3 fully saturated rings. The molecular weight excluding hydrogens is 378 g/mol. The van der Waals surface area contributed by atoms with Gasteiger partial charge in [-0.2, -0.15) is 0 Å². The summed E-state index contributed by atoms with van der Waals surface area (Å²) in [5.41, 5.74) is 1.94. The highest BCUT2D eigenvalue weighted by Gasteiger charge is 2.42. The quantitative estimate of drug-likeness (QED) is 0.857. The summed E-state index contributed by atoms with van der Waals surface area (Å²) in [5, 5.41) is 3.35. The number of nitrogens with zero attached hydrogens (tertiary/aromatic N) is 2. The molecule has 5 rings (SSSR count). The molecule has 3 aliphatic rings. The Morgan fingerprint density at radius 3 is 2.72 bits per heavy atom. The number of amides is 1. The lowest BCUT2D eigenvalue weighted by Gasteiger charge is -2.51. The van der Waals surface area contributed by atoms with Crippen LogP contribution in [0, 0.1) is 5.92 Å². The Balaban J connectivity index is 1.55. The van der Waals surface area contributed by atoms with E-state index in [4.69, 9.17) is 0 Å². The minimum atomic E-state index is 0.0161. The van der Waals surface area contributed by atoms with E-state index in [2.05, 4.69) is 37.2 Å². The van der Waals surface area contributed by atoms with Gasteiger partial charge in [0.1, 0.15) is 0 Å². The van der Waals surface area contributed by atoms with Gasteiger partial charge in [-0.3, -0.25) is 14.7 Å². The molecule has 0 radical (unpaired) electrons. The molecule has 2 unspecified atom stereocenters. The van der Waals surface area contributed by atoms with E-state index >= 15 is 0 Å². The van der Waals surface area contributed by atoms with E-state index < -0.39 is 0 Å². The lowest BCUT2D eigenvalue weighted by Crippen LogP contribution is -2.64. The highest BCUT2D eigenvalue weighted by Crippen LogP contribution is 2.34. The molecule has 1 aromatic heterocycles. The van der Waals surface area contributed by atoms with Gasteiger partial charge in [0.05, 0.1) is 5.56 Å². The van der Waals surface area contributed by atoms with Crippen LogP contribution in [0.4, 0.5) is 0 Å². The zero-order chi connectivity index (χ0) is 17.2. The zero-order valence-corrected chi connectivity index (χ0v) is 15.7. The first-order valence-corrected chi connectivity index (χ1v) is 9.70. The smallest absolute Gasteiger partial charge is 0.252 e. The molecule has 2 bridgehead atoms. The van der Waals surface area contributed by atoms with Crippen molar-refractivity contribution in [2.24, 2.45) is 5.92 Å². The zero-order valence-electron chi connectivity index (χ0n) is 14.1. The molecule has 1 N–H and O–H groups in total. The van der Waals surface area contributed by atoms with Gasteiger partial charge in [0.15, 0.2) is 0 Å². The normalized spacial score (nSPS) is 27.9. The molecule has 3 saturated heterocycles. The molecule has 1 amide bonds. The summed E-state index contributed by atoms with van der Waals surface area (Å²) >= 11 is 3.49. The number of carbonyl (C=O) groups is 1. The van der Waals surface area contributed by atoms with Crippen LogP contribution in [0.1, 0.15) is 28.8 Å². The van der Waals surface area contributed by atoms with Gasteiger partial charge in [-0.25, -0.2) is 0 Å². The highest BCUT2D eigenvalue weighted by atomic mass is 79.9. The van der Waals surface area contributed by atoms with Gasteiger partial charge in [0, 0.05) is 29.0 Å². The molecule has 5 heteroatoms. The van der Waals surface area contributed by atoms with Crippen molar-refractivity contribution in [1.29, 1.82) is 0 Å². The Hall–Kier alpha value is -1.72. The molecule has 0 aliphatic carbocycles. The number of piperidine rings is 3. The van der Waals surface area contributed by atoms with Gasteiger partial charge in [0.25, 0.3) is 5.91 Å². The SMILES string of the molecule is O=C(NC1C2CCN(CC2)C1Cc1cccnc1)c1ccccc1Br. The molecule has 1 aromatic carbocycles. The monoisotopic (exact) mass is 399 g/mol. The van der Waals surface area contributed by atoms with Crippen LogP contribution >= 0.6 is 15.9 Å². The molecular formula is C20H22BrN3O. The van der Waals surface area contributed by atoms with Crippen molar-refractivity contribution >= 4 is 21.8 Å². The minimum Gasteiger partial charge on any atom is -0.347 e. The predicted molar refractivity (Wildman–Crippen MR) is 101 cm³/mol. The maximum atomic E-state index is 12.8. The van der Waals surface area contributed by atoms with Crippen LogP contribution in [0.2, 0.25) is 0 Å². The van der Waals surface area contributed by atoms with Gasteiger partial charge < -0.3 is 5.32 Å². The van der Waals surface area contributed by atoms with Crippen molar-refractivity contribution in [1.82, 2.24) is 15.2 Å². The second-order valence-corrected chi connectivity index (χ2v) is 7.84. The average molecular weight is 400 g/mol. The Morgan fingerprint density at radius 2 is 2.00 bits per heavy atom. The number of carbonyl (C=O) groups excluding carboxylic acids is 1. The summed E-state index contributed by atoms with van der Waals surface area (Å²) in [6.45, 7) is 2.27. The molecule has 2 atom stereocenters. The summed E-state index contributed by atoms with van der Waals surface area (Å²) in [6, 6.07) is 12.3. The Bertz CT molecular complexity index is 744. The number of aromatic nitrogens is 1. The van der Waals surface area contributed by atoms with E-state index in [0.29, 0.717) is 17.5 Å². The third kappa shape index (κ3) is 3.48. The van der Waals surface area contributed by atoms with E-state index in [-0.39, 0.29) is 11.9 Å².